The first kappa shape index (κ1) is 67.0. The highest BCUT2D eigenvalue weighted by molar-refractivity contribution is 6.00. The Bertz CT molecular complexity index is 1250. The topological polar surface area (TPSA) is 67.4 Å². The predicted octanol–water partition coefficient (Wildman–Crippen LogP) is 21.9. The van der Waals surface area contributed by atoms with Crippen molar-refractivity contribution in [3.63, 3.8) is 0 Å². The smallest absolute Gasteiger partial charge is 0.255 e. The minimum Gasteiger partial charge on any atom is -0.493 e. The van der Waals surface area contributed by atoms with Gasteiger partial charge in [0, 0.05) is 18.7 Å². The van der Waals surface area contributed by atoms with Crippen molar-refractivity contribution in [3.8, 4) is 5.75 Å². The summed E-state index contributed by atoms with van der Waals surface area (Å²) in [6, 6.07) is 5.40. The Kier molecular flexibility index (Phi) is 52.5. The van der Waals surface area contributed by atoms with Gasteiger partial charge in [0.1, 0.15) is 5.75 Å². The van der Waals surface area contributed by atoms with Crippen LogP contribution in [0.1, 0.15) is 375 Å². The van der Waals surface area contributed by atoms with Crippen LogP contribution in [-0.4, -0.2) is 31.5 Å². The van der Waals surface area contributed by atoms with Gasteiger partial charge in [0.15, 0.2) is 0 Å². The van der Waals surface area contributed by atoms with E-state index in [1.54, 1.807) is 18.2 Å². The molecule has 0 unspecified atom stereocenters. The molecule has 1 rings (SSSR count). The molecule has 0 bridgehead atoms. The molecule has 0 fully saturated rings. The normalized spacial score (nSPS) is 11.4. The first-order valence-corrected chi connectivity index (χ1v) is 32.5. The summed E-state index contributed by atoms with van der Waals surface area (Å²) < 4.78 is 6.28. The van der Waals surface area contributed by atoms with Crippen LogP contribution in [-0.2, 0) is 0 Å². The second-order valence-electron chi connectivity index (χ2n) is 22.4. The van der Waals surface area contributed by atoms with Crippen LogP contribution < -0.4 is 15.4 Å². The lowest BCUT2D eigenvalue weighted by molar-refractivity contribution is 0.0937. The van der Waals surface area contributed by atoms with Crippen molar-refractivity contribution >= 4 is 11.8 Å². The number of benzene rings is 1. The van der Waals surface area contributed by atoms with Crippen LogP contribution in [0.2, 0.25) is 0 Å². The lowest BCUT2D eigenvalue weighted by atomic mass is 10.0. The van der Waals surface area contributed by atoms with Crippen LogP contribution >= 0.6 is 0 Å². The molecule has 0 saturated carbocycles. The number of carbonyl (C=O) groups excluding carboxylic acids is 2. The molecule has 0 aromatic heterocycles. The highest BCUT2D eigenvalue weighted by atomic mass is 16.5. The molecule has 0 aliphatic rings. The molecular weight excluding hydrogens is 869 g/mol. The van der Waals surface area contributed by atoms with Gasteiger partial charge in [0.2, 0.25) is 0 Å². The quantitative estimate of drug-likeness (QED) is 0.0639. The van der Waals surface area contributed by atoms with Crippen LogP contribution in [0.4, 0.5) is 0 Å². The zero-order valence-electron chi connectivity index (χ0n) is 48.3. The molecule has 0 aliphatic heterocycles. The van der Waals surface area contributed by atoms with Crippen molar-refractivity contribution in [1.29, 1.82) is 0 Å². The van der Waals surface area contributed by atoms with Crippen molar-refractivity contribution in [1.82, 2.24) is 10.6 Å². The summed E-state index contributed by atoms with van der Waals surface area (Å²) in [6.45, 7) is 8.81. The van der Waals surface area contributed by atoms with Gasteiger partial charge < -0.3 is 15.4 Å². The molecule has 416 valence electrons. The Labute approximate surface area is 444 Å². The van der Waals surface area contributed by atoms with Crippen LogP contribution in [0.25, 0.3) is 0 Å². The number of nitrogens with one attached hydrogen (secondary N) is 2. The third-order valence-electron chi connectivity index (χ3n) is 15.4. The molecule has 0 spiro atoms. The second kappa shape index (κ2) is 55.7. The number of amides is 2. The van der Waals surface area contributed by atoms with Crippen molar-refractivity contribution in [2.24, 2.45) is 0 Å². The van der Waals surface area contributed by atoms with Crippen LogP contribution in [0.3, 0.4) is 0 Å². The van der Waals surface area contributed by atoms with Gasteiger partial charge in [0.05, 0.1) is 12.2 Å². The Balaban J connectivity index is 2.25. The Morgan fingerprint density at radius 2 is 0.549 bits per heavy atom. The fourth-order valence-electron chi connectivity index (χ4n) is 10.5. The molecule has 5 heteroatoms. The van der Waals surface area contributed by atoms with Gasteiger partial charge in [-0.25, -0.2) is 0 Å². The Morgan fingerprint density at radius 3 is 0.831 bits per heavy atom. The van der Waals surface area contributed by atoms with E-state index in [-0.39, 0.29) is 11.8 Å². The van der Waals surface area contributed by atoms with E-state index in [0.29, 0.717) is 36.6 Å². The van der Waals surface area contributed by atoms with E-state index in [1.807, 2.05) is 0 Å². The number of hydrogen-bond donors (Lipinski definition) is 2. The van der Waals surface area contributed by atoms with E-state index in [0.717, 1.165) is 38.5 Å². The van der Waals surface area contributed by atoms with Gasteiger partial charge in [-0.2, -0.15) is 0 Å². The first-order chi connectivity index (χ1) is 35.1. The van der Waals surface area contributed by atoms with Crippen molar-refractivity contribution in [2.45, 2.75) is 355 Å². The zero-order chi connectivity index (χ0) is 51.0. The van der Waals surface area contributed by atoms with Gasteiger partial charge in [-0.1, -0.05) is 335 Å². The highest BCUT2D eigenvalue weighted by Gasteiger charge is 2.16. The Morgan fingerprint density at radius 1 is 0.310 bits per heavy atom. The third kappa shape index (κ3) is 46.2. The number of rotatable bonds is 58. The SMILES string of the molecule is CCCCCCCCCCCCCCCCCCCCCCCNC(=O)c1ccc(C(=O)NCCCCCCCCCCCCCCCCCCCCCCC)c(OCCCCCCCCCCCC)c1. The maximum atomic E-state index is 13.4. The van der Waals surface area contributed by atoms with E-state index < -0.39 is 0 Å². The minimum atomic E-state index is -0.0946. The van der Waals surface area contributed by atoms with Gasteiger partial charge in [-0.05, 0) is 37.5 Å². The van der Waals surface area contributed by atoms with E-state index in [1.165, 1.54) is 295 Å². The van der Waals surface area contributed by atoms with Crippen molar-refractivity contribution in [2.75, 3.05) is 19.7 Å². The van der Waals surface area contributed by atoms with E-state index in [9.17, 15) is 9.59 Å². The summed E-state index contributed by atoms with van der Waals surface area (Å²) in [5.41, 5.74) is 1.12. The van der Waals surface area contributed by atoms with Crippen molar-refractivity contribution < 1.29 is 14.3 Å². The number of carbonyl (C=O) groups is 2. The molecule has 1 aromatic carbocycles. The highest BCUT2D eigenvalue weighted by Crippen LogP contribution is 2.23. The fraction of sp³-hybridized carbons (Fsp3) is 0.879. The molecule has 2 amide bonds. The third-order valence-corrected chi connectivity index (χ3v) is 15.4. The summed E-state index contributed by atoms with van der Waals surface area (Å²) in [5, 5.41) is 6.31. The van der Waals surface area contributed by atoms with Gasteiger partial charge in [-0.15, -0.1) is 0 Å². The molecule has 5 nitrogen and oxygen atoms in total. The molecule has 0 radical (unpaired) electrons. The van der Waals surface area contributed by atoms with Gasteiger partial charge in [-0.3, -0.25) is 9.59 Å². The van der Waals surface area contributed by atoms with Crippen molar-refractivity contribution in [3.05, 3.63) is 29.3 Å². The van der Waals surface area contributed by atoms with E-state index >= 15 is 0 Å². The van der Waals surface area contributed by atoms with E-state index in [4.69, 9.17) is 4.74 Å². The second-order valence-corrected chi connectivity index (χ2v) is 22.4. The lowest BCUT2D eigenvalue weighted by Gasteiger charge is -2.14. The monoisotopic (exact) mass is 993 g/mol. The van der Waals surface area contributed by atoms with E-state index in [2.05, 4.69) is 31.4 Å². The largest absolute Gasteiger partial charge is 0.493 e. The maximum Gasteiger partial charge on any atom is 0.255 e. The summed E-state index contributed by atoms with van der Waals surface area (Å²) in [7, 11) is 0. The standard InChI is InChI=1S/C66H124N2O3/c1-4-7-10-13-16-19-22-24-26-28-30-32-34-36-38-40-42-44-47-50-53-58-67-65(69)62-56-57-63(64(61-62)71-60-55-52-49-46-21-18-15-12-9-6-3)66(70)68-59-54-51-48-45-43-41-39-37-35-33-31-29-27-25-23-20-17-14-11-8-5-2/h56-57,61H,4-55,58-60H2,1-3H3,(H,67,69)(H,68,70). The van der Waals surface area contributed by atoms with Crippen LogP contribution in [0, 0.1) is 0 Å². The number of ether oxygens (including phenoxy) is 1. The lowest BCUT2D eigenvalue weighted by Crippen LogP contribution is -2.26. The molecule has 0 heterocycles. The zero-order valence-corrected chi connectivity index (χ0v) is 48.3. The fourth-order valence-corrected chi connectivity index (χ4v) is 10.5. The Hall–Kier alpha value is -2.04. The maximum absolute atomic E-state index is 13.4. The molecular formula is C66H124N2O3. The molecule has 0 atom stereocenters. The molecule has 0 aliphatic carbocycles. The minimum absolute atomic E-state index is 0.0755. The summed E-state index contributed by atoms with van der Waals surface area (Å²) >= 11 is 0. The molecule has 1 aromatic rings. The number of hydrogen-bond acceptors (Lipinski definition) is 3. The molecule has 2 N–H and O–H groups in total. The summed E-state index contributed by atoms with van der Waals surface area (Å²) in [6.07, 6.45) is 70.3. The predicted molar refractivity (Wildman–Crippen MR) is 314 cm³/mol. The molecule has 0 saturated heterocycles. The van der Waals surface area contributed by atoms with Gasteiger partial charge >= 0.3 is 0 Å². The summed E-state index contributed by atoms with van der Waals surface area (Å²) in [5.74, 6) is 0.371. The van der Waals surface area contributed by atoms with Crippen LogP contribution in [0.5, 0.6) is 5.75 Å². The first-order valence-electron chi connectivity index (χ1n) is 32.5. The summed E-state index contributed by atoms with van der Waals surface area (Å²) in [4.78, 5) is 26.7. The average molecular weight is 994 g/mol. The van der Waals surface area contributed by atoms with Crippen LogP contribution in [0.15, 0.2) is 18.2 Å². The number of unbranched alkanes of at least 4 members (excludes halogenated alkanes) is 49. The molecule has 71 heavy (non-hydrogen) atoms. The van der Waals surface area contributed by atoms with Gasteiger partial charge in [0.25, 0.3) is 11.8 Å². The average Bonchev–Trinajstić information content (AvgIpc) is 3.38.